The van der Waals surface area contributed by atoms with Crippen molar-refractivity contribution in [2.24, 2.45) is 5.92 Å². The molecule has 0 radical (unpaired) electrons. The van der Waals surface area contributed by atoms with Crippen LogP contribution in [0, 0.1) is 17.2 Å². The van der Waals surface area contributed by atoms with Crippen molar-refractivity contribution >= 4 is 0 Å². The van der Waals surface area contributed by atoms with Crippen LogP contribution in [0.4, 0.5) is 0 Å². The van der Waals surface area contributed by atoms with Gasteiger partial charge in [-0.2, -0.15) is 5.26 Å². The highest BCUT2D eigenvalue weighted by atomic mass is 16.5. The van der Waals surface area contributed by atoms with Gasteiger partial charge in [0.25, 0.3) is 0 Å². The summed E-state index contributed by atoms with van der Waals surface area (Å²) in [6.07, 6.45) is 4.30. The van der Waals surface area contributed by atoms with E-state index in [-0.39, 0.29) is 12.0 Å². The predicted molar refractivity (Wildman–Crippen MR) is 62.8 cm³/mol. The molecule has 2 atom stereocenters. The van der Waals surface area contributed by atoms with E-state index in [1.807, 2.05) is 18.2 Å². The molecule has 0 aromatic heterocycles. The van der Waals surface area contributed by atoms with Crippen molar-refractivity contribution in [3.05, 3.63) is 35.9 Å². The van der Waals surface area contributed by atoms with Crippen molar-refractivity contribution in [3.8, 4) is 6.07 Å². The molecule has 0 aliphatic heterocycles. The lowest BCUT2D eigenvalue weighted by Crippen LogP contribution is -2.18. The van der Waals surface area contributed by atoms with Gasteiger partial charge in [-0.05, 0) is 31.2 Å². The van der Waals surface area contributed by atoms with Crippen LogP contribution in [-0.4, -0.2) is 12.7 Å². The number of nitrogens with zero attached hydrogens (tertiary/aromatic N) is 1. The van der Waals surface area contributed by atoms with Gasteiger partial charge in [0, 0.05) is 0 Å². The molecule has 0 N–H and O–H groups in total. The smallest absolute Gasteiger partial charge is 0.0733 e. The quantitative estimate of drug-likeness (QED) is 0.773. The highest BCUT2D eigenvalue weighted by Gasteiger charge is 2.27. The summed E-state index contributed by atoms with van der Waals surface area (Å²) in [5.74, 6) is 0.121. The van der Waals surface area contributed by atoms with Crippen LogP contribution in [0.3, 0.4) is 0 Å². The van der Waals surface area contributed by atoms with Gasteiger partial charge in [-0.15, -0.1) is 0 Å². The molecular weight excluding hydrogens is 198 g/mol. The zero-order valence-electron chi connectivity index (χ0n) is 9.43. The molecule has 0 bridgehead atoms. The van der Waals surface area contributed by atoms with Crippen molar-refractivity contribution < 1.29 is 4.74 Å². The summed E-state index contributed by atoms with van der Waals surface area (Å²) in [7, 11) is 0. The summed E-state index contributed by atoms with van der Waals surface area (Å²) >= 11 is 0. The monoisotopic (exact) mass is 215 g/mol. The molecule has 0 saturated heterocycles. The summed E-state index contributed by atoms with van der Waals surface area (Å²) < 4.78 is 5.79. The zero-order valence-corrected chi connectivity index (χ0v) is 9.43. The maximum Gasteiger partial charge on any atom is 0.0733 e. The van der Waals surface area contributed by atoms with E-state index in [1.54, 1.807) is 0 Å². The van der Waals surface area contributed by atoms with Crippen LogP contribution in [-0.2, 0) is 11.2 Å². The van der Waals surface area contributed by atoms with Gasteiger partial charge in [-0.25, -0.2) is 0 Å². The van der Waals surface area contributed by atoms with E-state index in [1.165, 1.54) is 5.56 Å². The molecule has 2 nitrogen and oxygen atoms in total. The molecule has 2 unspecified atom stereocenters. The number of nitriles is 1. The number of hydrogen-bond donors (Lipinski definition) is 0. The number of ether oxygens (including phenoxy) is 1. The van der Waals surface area contributed by atoms with Crippen molar-refractivity contribution in [1.29, 1.82) is 5.26 Å². The number of hydrogen-bond acceptors (Lipinski definition) is 2. The Hall–Kier alpha value is -1.33. The Bertz CT molecular complexity index is 355. The van der Waals surface area contributed by atoms with E-state index in [0.717, 1.165) is 32.3 Å². The van der Waals surface area contributed by atoms with Crippen LogP contribution < -0.4 is 0 Å². The van der Waals surface area contributed by atoms with Gasteiger partial charge in [0.15, 0.2) is 0 Å². The average Bonchev–Trinajstić information content (AvgIpc) is 2.78. The van der Waals surface area contributed by atoms with E-state index in [2.05, 4.69) is 18.2 Å². The molecule has 1 aliphatic carbocycles. The minimum absolute atomic E-state index is 0.121. The SMILES string of the molecule is N#CC1CCCC1OCCc1ccccc1. The van der Waals surface area contributed by atoms with Crippen molar-refractivity contribution in [2.45, 2.75) is 31.8 Å². The molecular formula is C14H17NO. The number of benzene rings is 1. The van der Waals surface area contributed by atoms with Gasteiger partial charge in [-0.3, -0.25) is 0 Å². The summed E-state index contributed by atoms with van der Waals surface area (Å²) in [5, 5.41) is 8.92. The molecule has 1 aromatic carbocycles. The molecule has 1 aliphatic rings. The highest BCUT2D eigenvalue weighted by molar-refractivity contribution is 5.14. The summed E-state index contributed by atoms with van der Waals surface area (Å²) in [6, 6.07) is 12.7. The van der Waals surface area contributed by atoms with Crippen LogP contribution >= 0.6 is 0 Å². The van der Waals surface area contributed by atoms with Crippen molar-refractivity contribution in [1.82, 2.24) is 0 Å². The maximum absolute atomic E-state index is 8.92. The first-order chi connectivity index (χ1) is 7.90. The van der Waals surface area contributed by atoms with Crippen molar-refractivity contribution in [3.63, 3.8) is 0 Å². The van der Waals surface area contributed by atoms with Crippen LogP contribution in [0.2, 0.25) is 0 Å². The Kier molecular flexibility index (Phi) is 3.96. The van der Waals surface area contributed by atoms with E-state index in [4.69, 9.17) is 10.00 Å². The largest absolute Gasteiger partial charge is 0.377 e. The second-order valence-electron chi connectivity index (χ2n) is 4.31. The Morgan fingerprint density at radius 3 is 2.81 bits per heavy atom. The van der Waals surface area contributed by atoms with Gasteiger partial charge in [0.05, 0.1) is 24.7 Å². The Morgan fingerprint density at radius 2 is 2.06 bits per heavy atom. The van der Waals surface area contributed by atoms with Gasteiger partial charge >= 0.3 is 0 Å². The minimum Gasteiger partial charge on any atom is -0.377 e. The molecule has 84 valence electrons. The molecule has 1 aromatic rings. The second-order valence-corrected chi connectivity index (χ2v) is 4.31. The summed E-state index contributed by atoms with van der Waals surface area (Å²) in [6.45, 7) is 0.729. The van der Waals surface area contributed by atoms with Gasteiger partial charge in [-0.1, -0.05) is 30.3 Å². The Labute approximate surface area is 96.9 Å². The van der Waals surface area contributed by atoms with Gasteiger partial charge in [0.2, 0.25) is 0 Å². The number of rotatable bonds is 4. The lowest BCUT2D eigenvalue weighted by molar-refractivity contribution is 0.0434. The van der Waals surface area contributed by atoms with Crippen LogP contribution in [0.1, 0.15) is 24.8 Å². The standard InChI is InChI=1S/C14H17NO/c15-11-13-7-4-8-14(13)16-10-9-12-5-2-1-3-6-12/h1-3,5-6,13-14H,4,7-10H2. The fourth-order valence-corrected chi connectivity index (χ4v) is 2.25. The molecule has 2 heteroatoms. The molecule has 0 amide bonds. The van der Waals surface area contributed by atoms with E-state index < -0.39 is 0 Å². The first-order valence-corrected chi connectivity index (χ1v) is 5.95. The van der Waals surface area contributed by atoms with Crippen LogP contribution in [0.25, 0.3) is 0 Å². The molecule has 1 saturated carbocycles. The fourth-order valence-electron chi connectivity index (χ4n) is 2.25. The van der Waals surface area contributed by atoms with E-state index >= 15 is 0 Å². The third-order valence-electron chi connectivity index (χ3n) is 3.18. The predicted octanol–water partition coefficient (Wildman–Crippen LogP) is 2.94. The summed E-state index contributed by atoms with van der Waals surface area (Å²) in [5.41, 5.74) is 1.30. The fraction of sp³-hybridized carbons (Fsp3) is 0.500. The maximum atomic E-state index is 8.92. The zero-order chi connectivity index (χ0) is 11.2. The molecule has 1 fully saturated rings. The Morgan fingerprint density at radius 1 is 1.25 bits per heavy atom. The van der Waals surface area contributed by atoms with E-state index in [9.17, 15) is 0 Å². The molecule has 16 heavy (non-hydrogen) atoms. The lowest BCUT2D eigenvalue weighted by Gasteiger charge is -2.14. The van der Waals surface area contributed by atoms with Crippen molar-refractivity contribution in [2.75, 3.05) is 6.61 Å². The summed E-state index contributed by atoms with van der Waals surface area (Å²) in [4.78, 5) is 0. The second kappa shape index (κ2) is 5.67. The third kappa shape index (κ3) is 2.84. The normalized spacial score (nSPS) is 24.2. The lowest BCUT2D eigenvalue weighted by atomic mass is 10.1. The Balaban J connectivity index is 1.74. The highest BCUT2D eigenvalue weighted by Crippen LogP contribution is 2.27. The molecule has 0 spiro atoms. The van der Waals surface area contributed by atoms with Crippen LogP contribution in [0.15, 0.2) is 30.3 Å². The molecule has 0 heterocycles. The average molecular weight is 215 g/mol. The van der Waals surface area contributed by atoms with Gasteiger partial charge < -0.3 is 4.74 Å². The minimum atomic E-state index is 0.121. The third-order valence-corrected chi connectivity index (χ3v) is 3.18. The van der Waals surface area contributed by atoms with E-state index in [0.29, 0.717) is 0 Å². The topological polar surface area (TPSA) is 33.0 Å². The first kappa shape index (κ1) is 11.2. The first-order valence-electron chi connectivity index (χ1n) is 5.95. The molecule has 2 rings (SSSR count). The van der Waals surface area contributed by atoms with Gasteiger partial charge in [0.1, 0.15) is 0 Å². The van der Waals surface area contributed by atoms with Crippen LogP contribution in [0.5, 0.6) is 0 Å².